The van der Waals surface area contributed by atoms with Crippen LogP contribution in [0.2, 0.25) is 0 Å². The molecule has 2 aromatic carbocycles. The van der Waals surface area contributed by atoms with E-state index < -0.39 is 0 Å². The number of nitrogens with zero attached hydrogens (tertiary/aromatic N) is 1. The fourth-order valence-corrected chi connectivity index (χ4v) is 4.77. The highest BCUT2D eigenvalue weighted by Crippen LogP contribution is 2.19. The summed E-state index contributed by atoms with van der Waals surface area (Å²) < 4.78 is 0. The van der Waals surface area contributed by atoms with Gasteiger partial charge < -0.3 is 20.0 Å². The van der Waals surface area contributed by atoms with Crippen LogP contribution in [0.25, 0.3) is 0 Å². The van der Waals surface area contributed by atoms with Crippen LogP contribution in [-0.2, 0) is 22.6 Å². The molecular weight excluding hydrogens is 388 g/mol. The summed E-state index contributed by atoms with van der Waals surface area (Å²) in [5.41, 5.74) is 5.77. The standard InChI is InChI=1S/C25H32N4O2/c1-19-6-5-7-20(2)25(19)26-23(30)17-27-12-14-28(15-13-27)18-24(31)29-11-10-21-8-3-4-9-22(21)16-29/h3-9H,10-18H2,1-2H3,(H,26,30)/p+2. The lowest BCUT2D eigenvalue weighted by atomic mass is 10.00. The highest BCUT2D eigenvalue weighted by atomic mass is 16.2. The Morgan fingerprint density at radius 3 is 2.16 bits per heavy atom. The monoisotopic (exact) mass is 422 g/mol. The van der Waals surface area contributed by atoms with Crippen LogP contribution in [0, 0.1) is 13.8 Å². The first-order chi connectivity index (χ1) is 15.0. The molecule has 0 saturated carbocycles. The minimum atomic E-state index is 0.0684. The van der Waals surface area contributed by atoms with Gasteiger partial charge in [-0.3, -0.25) is 9.59 Å². The van der Waals surface area contributed by atoms with Crippen molar-refractivity contribution in [2.45, 2.75) is 26.8 Å². The Morgan fingerprint density at radius 1 is 0.871 bits per heavy atom. The fourth-order valence-electron chi connectivity index (χ4n) is 4.77. The summed E-state index contributed by atoms with van der Waals surface area (Å²) in [4.78, 5) is 30.0. The molecule has 0 aliphatic carbocycles. The average molecular weight is 423 g/mol. The van der Waals surface area contributed by atoms with Gasteiger partial charge in [-0.05, 0) is 42.5 Å². The second-order valence-corrected chi connectivity index (χ2v) is 9.00. The summed E-state index contributed by atoms with van der Waals surface area (Å²) in [5.74, 6) is 0.319. The van der Waals surface area contributed by atoms with E-state index in [0.29, 0.717) is 13.1 Å². The van der Waals surface area contributed by atoms with E-state index in [4.69, 9.17) is 0 Å². The molecule has 0 atom stereocenters. The van der Waals surface area contributed by atoms with Crippen molar-refractivity contribution in [3.63, 3.8) is 0 Å². The van der Waals surface area contributed by atoms with Crippen LogP contribution in [0.5, 0.6) is 0 Å². The number of hydrogen-bond acceptors (Lipinski definition) is 2. The molecule has 2 aliphatic heterocycles. The molecule has 6 heteroatoms. The summed E-state index contributed by atoms with van der Waals surface area (Å²) in [5, 5.41) is 3.09. The number of carbonyl (C=O) groups excluding carboxylic acids is 2. The number of carbonyl (C=O) groups is 2. The number of benzene rings is 2. The number of nitrogens with one attached hydrogen (secondary N) is 3. The molecule has 3 N–H and O–H groups in total. The van der Waals surface area contributed by atoms with Crippen molar-refractivity contribution in [2.24, 2.45) is 0 Å². The van der Waals surface area contributed by atoms with Gasteiger partial charge in [0.25, 0.3) is 11.8 Å². The summed E-state index contributed by atoms with van der Waals surface area (Å²) in [6.07, 6.45) is 0.949. The minimum absolute atomic E-state index is 0.0684. The molecule has 2 aromatic rings. The summed E-state index contributed by atoms with van der Waals surface area (Å²) in [7, 11) is 0. The topological polar surface area (TPSA) is 58.3 Å². The number of amides is 2. The Morgan fingerprint density at radius 2 is 1.48 bits per heavy atom. The van der Waals surface area contributed by atoms with Crippen LogP contribution in [0.15, 0.2) is 42.5 Å². The molecular formula is C25H34N4O2+2. The maximum absolute atomic E-state index is 12.8. The molecule has 1 saturated heterocycles. The van der Waals surface area contributed by atoms with Crippen LogP contribution in [-0.4, -0.2) is 62.5 Å². The molecule has 2 amide bonds. The third kappa shape index (κ3) is 5.32. The van der Waals surface area contributed by atoms with Gasteiger partial charge in [0.2, 0.25) is 0 Å². The first-order valence-electron chi connectivity index (χ1n) is 11.4. The number of aryl methyl sites for hydroxylation is 2. The lowest BCUT2D eigenvalue weighted by molar-refractivity contribution is -1.00. The molecule has 0 radical (unpaired) electrons. The van der Waals surface area contributed by atoms with Gasteiger partial charge in [-0.15, -0.1) is 0 Å². The predicted octanol–water partition coefficient (Wildman–Crippen LogP) is -0.390. The van der Waals surface area contributed by atoms with Crippen LogP contribution < -0.4 is 15.1 Å². The van der Waals surface area contributed by atoms with E-state index in [-0.39, 0.29) is 11.8 Å². The van der Waals surface area contributed by atoms with Gasteiger partial charge in [0.15, 0.2) is 13.1 Å². The summed E-state index contributed by atoms with van der Waals surface area (Å²) in [6.45, 7) is 10.4. The van der Waals surface area contributed by atoms with Crippen LogP contribution in [0.1, 0.15) is 22.3 Å². The Hall–Kier alpha value is -2.70. The van der Waals surface area contributed by atoms with Gasteiger partial charge in [0.05, 0.1) is 0 Å². The van der Waals surface area contributed by atoms with Gasteiger partial charge in [0, 0.05) is 18.8 Å². The molecule has 31 heavy (non-hydrogen) atoms. The molecule has 0 unspecified atom stereocenters. The first-order valence-corrected chi connectivity index (χ1v) is 11.4. The number of hydrogen-bond donors (Lipinski definition) is 3. The third-order valence-electron chi connectivity index (χ3n) is 6.70. The predicted molar refractivity (Wildman–Crippen MR) is 121 cm³/mol. The van der Waals surface area contributed by atoms with Crippen molar-refractivity contribution in [1.29, 1.82) is 0 Å². The van der Waals surface area contributed by atoms with Gasteiger partial charge in [-0.25, -0.2) is 0 Å². The second-order valence-electron chi connectivity index (χ2n) is 9.00. The minimum Gasteiger partial charge on any atom is -0.333 e. The number of anilines is 1. The molecule has 2 heterocycles. The quantitative estimate of drug-likeness (QED) is 0.615. The van der Waals surface area contributed by atoms with E-state index in [1.54, 1.807) is 0 Å². The zero-order valence-corrected chi connectivity index (χ0v) is 18.7. The molecule has 0 spiro atoms. The van der Waals surface area contributed by atoms with E-state index in [9.17, 15) is 9.59 Å². The number of quaternary nitrogens is 2. The molecule has 0 aromatic heterocycles. The smallest absolute Gasteiger partial charge is 0.279 e. The van der Waals surface area contributed by atoms with Gasteiger partial charge >= 0.3 is 0 Å². The highest BCUT2D eigenvalue weighted by Gasteiger charge is 2.29. The van der Waals surface area contributed by atoms with Crippen molar-refractivity contribution < 1.29 is 19.4 Å². The van der Waals surface area contributed by atoms with Crippen molar-refractivity contribution in [3.05, 3.63) is 64.7 Å². The summed E-state index contributed by atoms with van der Waals surface area (Å²) >= 11 is 0. The first kappa shape index (κ1) is 21.5. The van der Waals surface area contributed by atoms with E-state index in [1.165, 1.54) is 20.9 Å². The second kappa shape index (κ2) is 9.62. The lowest BCUT2D eigenvalue weighted by Gasteiger charge is -2.32. The molecule has 164 valence electrons. The number of fused-ring (bicyclic) bond motifs is 1. The third-order valence-corrected chi connectivity index (χ3v) is 6.70. The maximum Gasteiger partial charge on any atom is 0.279 e. The fraction of sp³-hybridized carbons (Fsp3) is 0.440. The van der Waals surface area contributed by atoms with E-state index in [0.717, 1.165) is 62.5 Å². The van der Waals surface area contributed by atoms with Crippen molar-refractivity contribution in [3.8, 4) is 0 Å². The lowest BCUT2D eigenvalue weighted by Crippen LogP contribution is -3.28. The Bertz CT molecular complexity index is 930. The Balaban J connectivity index is 1.22. The van der Waals surface area contributed by atoms with E-state index in [2.05, 4.69) is 29.6 Å². The van der Waals surface area contributed by atoms with Gasteiger partial charge in [-0.2, -0.15) is 0 Å². The average Bonchev–Trinajstić information content (AvgIpc) is 2.77. The van der Waals surface area contributed by atoms with Gasteiger partial charge in [0.1, 0.15) is 26.2 Å². The molecule has 2 aliphatic rings. The molecule has 0 bridgehead atoms. The van der Waals surface area contributed by atoms with Crippen molar-refractivity contribution >= 4 is 17.5 Å². The van der Waals surface area contributed by atoms with Crippen LogP contribution in [0.3, 0.4) is 0 Å². The molecule has 6 nitrogen and oxygen atoms in total. The summed E-state index contributed by atoms with van der Waals surface area (Å²) in [6, 6.07) is 14.5. The number of rotatable bonds is 5. The molecule has 4 rings (SSSR count). The maximum atomic E-state index is 12.8. The van der Waals surface area contributed by atoms with Crippen molar-refractivity contribution in [2.75, 3.05) is 51.1 Å². The number of piperazine rings is 1. The normalized spacial score (nSPS) is 20.8. The van der Waals surface area contributed by atoms with E-state index >= 15 is 0 Å². The van der Waals surface area contributed by atoms with Crippen LogP contribution in [0.4, 0.5) is 5.69 Å². The Labute approximate surface area is 184 Å². The molecule has 1 fully saturated rings. The largest absolute Gasteiger partial charge is 0.333 e. The number of para-hydroxylation sites is 1. The SMILES string of the molecule is Cc1cccc(C)c1NC(=O)C[NH+]1CC[NH+](CC(=O)N2CCc3ccccc3C2)CC1. The zero-order valence-electron chi connectivity index (χ0n) is 18.7. The Kier molecular flexibility index (Phi) is 6.68. The van der Waals surface area contributed by atoms with Gasteiger partial charge in [-0.1, -0.05) is 42.5 Å². The van der Waals surface area contributed by atoms with E-state index in [1.807, 2.05) is 36.9 Å². The zero-order chi connectivity index (χ0) is 21.8. The highest BCUT2D eigenvalue weighted by molar-refractivity contribution is 5.93. The van der Waals surface area contributed by atoms with Crippen LogP contribution >= 0.6 is 0 Å². The van der Waals surface area contributed by atoms with Crippen molar-refractivity contribution in [1.82, 2.24) is 4.90 Å².